The second-order valence-corrected chi connectivity index (χ2v) is 5.38. The van der Waals surface area contributed by atoms with Gasteiger partial charge in [-0.3, -0.25) is 4.79 Å². The Hall–Kier alpha value is -0.530. The third-order valence-electron chi connectivity index (χ3n) is 4.35. The quantitative estimate of drug-likeness (QED) is 0.771. The van der Waals surface area contributed by atoms with Gasteiger partial charge in [0.25, 0.3) is 0 Å². The molecule has 2 aliphatic carbocycles. The molecule has 0 heterocycles. The zero-order chi connectivity index (χ0) is 10.7. The second-order valence-electron chi connectivity index (χ2n) is 5.38. The Morgan fingerprint density at radius 2 is 1.60 bits per heavy atom. The van der Waals surface area contributed by atoms with Crippen molar-refractivity contribution in [2.75, 3.05) is 0 Å². The van der Waals surface area contributed by atoms with Crippen LogP contribution in [0.25, 0.3) is 0 Å². The lowest BCUT2D eigenvalue weighted by Gasteiger charge is -2.22. The number of rotatable bonds is 4. The molecule has 0 saturated heterocycles. The third kappa shape index (κ3) is 2.73. The van der Waals surface area contributed by atoms with Crippen molar-refractivity contribution in [1.29, 1.82) is 0 Å². The van der Waals surface area contributed by atoms with Crippen molar-refractivity contribution in [2.24, 2.45) is 17.8 Å². The fourth-order valence-corrected chi connectivity index (χ4v) is 3.46. The van der Waals surface area contributed by atoms with E-state index in [1.54, 1.807) is 0 Å². The van der Waals surface area contributed by atoms with Crippen LogP contribution in [-0.2, 0) is 4.79 Å². The molecule has 0 radical (unpaired) electrons. The fraction of sp³-hybridized carbons (Fsp3) is 0.923. The summed E-state index contributed by atoms with van der Waals surface area (Å²) in [5.41, 5.74) is 0. The van der Waals surface area contributed by atoms with Crippen molar-refractivity contribution in [1.82, 2.24) is 0 Å². The monoisotopic (exact) mass is 210 g/mol. The molecule has 0 aromatic rings. The summed E-state index contributed by atoms with van der Waals surface area (Å²) >= 11 is 0. The fourth-order valence-electron chi connectivity index (χ4n) is 3.46. The van der Waals surface area contributed by atoms with Gasteiger partial charge in [0.05, 0.1) is 5.92 Å². The highest BCUT2D eigenvalue weighted by atomic mass is 16.4. The summed E-state index contributed by atoms with van der Waals surface area (Å²) in [5.74, 6) is 0.638. The van der Waals surface area contributed by atoms with Gasteiger partial charge in [0.1, 0.15) is 0 Å². The van der Waals surface area contributed by atoms with Crippen LogP contribution in [0.4, 0.5) is 0 Å². The van der Waals surface area contributed by atoms with Gasteiger partial charge in [0.2, 0.25) is 0 Å². The van der Waals surface area contributed by atoms with Crippen LogP contribution in [0, 0.1) is 17.8 Å². The summed E-state index contributed by atoms with van der Waals surface area (Å²) in [6.45, 7) is 0. The minimum atomic E-state index is -0.534. The van der Waals surface area contributed by atoms with Crippen molar-refractivity contribution in [2.45, 2.75) is 57.8 Å². The summed E-state index contributed by atoms with van der Waals surface area (Å²) < 4.78 is 0. The van der Waals surface area contributed by atoms with Crippen LogP contribution < -0.4 is 0 Å². The van der Waals surface area contributed by atoms with Gasteiger partial charge < -0.3 is 5.11 Å². The van der Waals surface area contributed by atoms with Gasteiger partial charge in [-0.1, -0.05) is 38.5 Å². The molecule has 15 heavy (non-hydrogen) atoms. The van der Waals surface area contributed by atoms with Crippen LogP contribution in [0.2, 0.25) is 0 Å². The molecule has 2 heteroatoms. The Morgan fingerprint density at radius 1 is 1.07 bits per heavy atom. The van der Waals surface area contributed by atoms with E-state index in [9.17, 15) is 9.90 Å². The molecule has 0 spiro atoms. The molecule has 0 aromatic heterocycles. The smallest absolute Gasteiger partial charge is 0.306 e. The van der Waals surface area contributed by atoms with E-state index in [2.05, 4.69) is 0 Å². The average Bonchev–Trinajstić information content (AvgIpc) is 2.87. The number of carboxylic acids is 1. The molecule has 0 amide bonds. The highest BCUT2D eigenvalue weighted by molar-refractivity contribution is 5.70. The first-order chi connectivity index (χ1) is 7.27. The van der Waals surface area contributed by atoms with Crippen molar-refractivity contribution >= 4 is 5.97 Å². The Kier molecular flexibility index (Phi) is 3.66. The molecule has 2 fully saturated rings. The molecule has 0 aromatic carbocycles. The summed E-state index contributed by atoms with van der Waals surface area (Å²) in [6.07, 6.45) is 11.0. The minimum absolute atomic E-state index is 0.0319. The van der Waals surface area contributed by atoms with Crippen LogP contribution in [0.3, 0.4) is 0 Å². The molecule has 1 N–H and O–H groups in total. The second kappa shape index (κ2) is 5.00. The van der Waals surface area contributed by atoms with Crippen LogP contribution in [0.5, 0.6) is 0 Å². The number of carboxylic acid groups (broad SMARTS) is 1. The Labute approximate surface area is 92.1 Å². The van der Waals surface area contributed by atoms with Crippen LogP contribution in [0.1, 0.15) is 57.8 Å². The molecule has 2 saturated carbocycles. The molecule has 0 bridgehead atoms. The van der Waals surface area contributed by atoms with E-state index in [0.29, 0.717) is 11.8 Å². The maximum Gasteiger partial charge on any atom is 0.306 e. The highest BCUT2D eigenvalue weighted by Gasteiger charge is 2.33. The van der Waals surface area contributed by atoms with Gasteiger partial charge in [-0.15, -0.1) is 0 Å². The standard InChI is InChI=1S/C13H22O2/c14-13(15)12(11-7-3-4-8-11)9-10-5-1-2-6-10/h10-12H,1-9H2,(H,14,15). The maximum absolute atomic E-state index is 11.3. The number of hydrogen-bond donors (Lipinski definition) is 1. The molecule has 86 valence electrons. The molecule has 1 atom stereocenters. The van der Waals surface area contributed by atoms with Gasteiger partial charge in [-0.2, -0.15) is 0 Å². The zero-order valence-electron chi connectivity index (χ0n) is 9.45. The van der Waals surface area contributed by atoms with Crippen LogP contribution in [-0.4, -0.2) is 11.1 Å². The zero-order valence-corrected chi connectivity index (χ0v) is 9.45. The molecule has 2 rings (SSSR count). The van der Waals surface area contributed by atoms with Crippen LogP contribution >= 0.6 is 0 Å². The predicted octanol–water partition coefficient (Wildman–Crippen LogP) is 3.46. The van der Waals surface area contributed by atoms with Crippen molar-refractivity contribution in [3.05, 3.63) is 0 Å². The van der Waals surface area contributed by atoms with E-state index in [0.717, 1.165) is 19.3 Å². The van der Waals surface area contributed by atoms with E-state index in [4.69, 9.17) is 0 Å². The van der Waals surface area contributed by atoms with E-state index in [-0.39, 0.29) is 5.92 Å². The first kappa shape index (κ1) is 11.0. The van der Waals surface area contributed by atoms with E-state index in [1.165, 1.54) is 38.5 Å². The molecular formula is C13H22O2. The highest BCUT2D eigenvalue weighted by Crippen LogP contribution is 2.38. The molecule has 0 aliphatic heterocycles. The van der Waals surface area contributed by atoms with Gasteiger partial charge >= 0.3 is 5.97 Å². The SMILES string of the molecule is O=C(O)C(CC1CCCC1)C1CCCC1. The predicted molar refractivity (Wildman–Crippen MR) is 59.7 cm³/mol. The Morgan fingerprint density at radius 3 is 2.13 bits per heavy atom. The number of aliphatic carboxylic acids is 1. The normalized spacial score (nSPS) is 25.9. The van der Waals surface area contributed by atoms with Crippen molar-refractivity contribution in [3.63, 3.8) is 0 Å². The molecule has 2 aliphatic rings. The average molecular weight is 210 g/mol. The Balaban J connectivity index is 1.89. The summed E-state index contributed by atoms with van der Waals surface area (Å²) in [4.78, 5) is 11.3. The van der Waals surface area contributed by atoms with Gasteiger partial charge in [-0.05, 0) is 31.1 Å². The van der Waals surface area contributed by atoms with E-state index >= 15 is 0 Å². The molecule has 2 nitrogen and oxygen atoms in total. The molecular weight excluding hydrogens is 188 g/mol. The maximum atomic E-state index is 11.3. The van der Waals surface area contributed by atoms with E-state index < -0.39 is 5.97 Å². The van der Waals surface area contributed by atoms with Crippen LogP contribution in [0.15, 0.2) is 0 Å². The summed E-state index contributed by atoms with van der Waals surface area (Å²) in [6, 6.07) is 0. The van der Waals surface area contributed by atoms with Gasteiger partial charge in [0.15, 0.2) is 0 Å². The topological polar surface area (TPSA) is 37.3 Å². The first-order valence-corrected chi connectivity index (χ1v) is 6.50. The third-order valence-corrected chi connectivity index (χ3v) is 4.35. The van der Waals surface area contributed by atoms with Crippen molar-refractivity contribution < 1.29 is 9.90 Å². The van der Waals surface area contributed by atoms with Crippen molar-refractivity contribution in [3.8, 4) is 0 Å². The Bertz CT molecular complexity index is 213. The largest absolute Gasteiger partial charge is 0.481 e. The van der Waals surface area contributed by atoms with Gasteiger partial charge in [-0.25, -0.2) is 0 Å². The number of hydrogen-bond acceptors (Lipinski definition) is 1. The summed E-state index contributed by atoms with van der Waals surface area (Å²) in [7, 11) is 0. The van der Waals surface area contributed by atoms with E-state index in [1.807, 2.05) is 0 Å². The first-order valence-electron chi connectivity index (χ1n) is 6.50. The summed E-state index contributed by atoms with van der Waals surface area (Å²) in [5, 5.41) is 9.29. The lowest BCUT2D eigenvalue weighted by molar-refractivity contribution is -0.144. The van der Waals surface area contributed by atoms with Gasteiger partial charge in [0, 0.05) is 0 Å². The lowest BCUT2D eigenvalue weighted by atomic mass is 9.83. The number of carbonyl (C=O) groups is 1. The molecule has 1 unspecified atom stereocenters. The lowest BCUT2D eigenvalue weighted by Crippen LogP contribution is -2.24. The minimum Gasteiger partial charge on any atom is -0.481 e.